The second kappa shape index (κ2) is 9.37. The molecule has 6 heteroatoms. The first-order valence-electron chi connectivity index (χ1n) is 8.61. The quantitative estimate of drug-likeness (QED) is 0.867. The number of morpholine rings is 1. The lowest BCUT2D eigenvalue weighted by atomic mass is 9.89. The molecule has 0 bridgehead atoms. The predicted octanol–water partition coefficient (Wildman–Crippen LogP) is 1.33. The molecule has 5 nitrogen and oxygen atoms in total. The summed E-state index contributed by atoms with van der Waals surface area (Å²) >= 11 is 0. The molecule has 24 heavy (non-hydrogen) atoms. The van der Waals surface area contributed by atoms with E-state index in [-0.39, 0.29) is 18.3 Å². The van der Waals surface area contributed by atoms with E-state index in [9.17, 15) is 4.79 Å². The minimum atomic E-state index is 0. The van der Waals surface area contributed by atoms with Crippen LogP contribution in [0.1, 0.15) is 17.9 Å². The first-order chi connectivity index (χ1) is 11.3. The Hall–Kier alpha value is -1.14. The Kier molecular flexibility index (Phi) is 7.49. The lowest BCUT2D eigenvalue weighted by Gasteiger charge is -2.27. The standard InChI is InChI=1S/C18H27N3O2.ClH/c19-12-16-13-20(14-17(16)15-4-2-1-3-5-15)7-6-18(22)21-8-10-23-11-9-21;/h1-5,16-17H,6-14,19H2;1H/t16-,17+;/m1./s1. The lowest BCUT2D eigenvalue weighted by Crippen LogP contribution is -2.41. The van der Waals surface area contributed by atoms with E-state index in [2.05, 4.69) is 35.2 Å². The molecular weight excluding hydrogens is 326 g/mol. The molecule has 2 atom stereocenters. The molecule has 0 aliphatic carbocycles. The van der Waals surface area contributed by atoms with E-state index in [0.717, 1.165) is 32.7 Å². The molecule has 1 aromatic rings. The van der Waals surface area contributed by atoms with Crippen LogP contribution in [0.15, 0.2) is 30.3 Å². The molecule has 2 fully saturated rings. The molecule has 2 N–H and O–H groups in total. The minimum Gasteiger partial charge on any atom is -0.378 e. The van der Waals surface area contributed by atoms with Gasteiger partial charge in [-0.15, -0.1) is 12.4 Å². The van der Waals surface area contributed by atoms with Crippen LogP contribution in [0.25, 0.3) is 0 Å². The maximum absolute atomic E-state index is 12.3. The number of hydrogen-bond donors (Lipinski definition) is 1. The topological polar surface area (TPSA) is 58.8 Å². The fraction of sp³-hybridized carbons (Fsp3) is 0.611. The van der Waals surface area contributed by atoms with Crippen LogP contribution < -0.4 is 5.73 Å². The summed E-state index contributed by atoms with van der Waals surface area (Å²) < 4.78 is 5.30. The summed E-state index contributed by atoms with van der Waals surface area (Å²) in [6.07, 6.45) is 0.596. The van der Waals surface area contributed by atoms with Crippen LogP contribution in [-0.4, -0.2) is 68.2 Å². The molecular formula is C18H28ClN3O2. The van der Waals surface area contributed by atoms with Crippen LogP contribution in [0.5, 0.6) is 0 Å². The van der Waals surface area contributed by atoms with Crippen LogP contribution in [0.4, 0.5) is 0 Å². The van der Waals surface area contributed by atoms with Gasteiger partial charge in [0.1, 0.15) is 0 Å². The van der Waals surface area contributed by atoms with Crippen molar-refractivity contribution < 1.29 is 9.53 Å². The van der Waals surface area contributed by atoms with Gasteiger partial charge in [-0.05, 0) is 18.0 Å². The number of carbonyl (C=O) groups excluding carboxylic acids is 1. The van der Waals surface area contributed by atoms with E-state index >= 15 is 0 Å². The van der Waals surface area contributed by atoms with Gasteiger partial charge in [-0.2, -0.15) is 0 Å². The number of carbonyl (C=O) groups is 1. The Morgan fingerprint density at radius 2 is 1.88 bits per heavy atom. The van der Waals surface area contributed by atoms with Gasteiger partial charge in [0, 0.05) is 45.1 Å². The van der Waals surface area contributed by atoms with E-state index in [0.29, 0.717) is 38.0 Å². The molecule has 0 spiro atoms. The third-order valence-corrected chi connectivity index (χ3v) is 5.05. The summed E-state index contributed by atoms with van der Waals surface area (Å²) in [5.74, 6) is 1.22. The van der Waals surface area contributed by atoms with E-state index in [1.165, 1.54) is 5.56 Å². The number of benzene rings is 1. The van der Waals surface area contributed by atoms with Gasteiger partial charge in [0.2, 0.25) is 5.91 Å². The highest BCUT2D eigenvalue weighted by Gasteiger charge is 2.33. The summed E-state index contributed by atoms with van der Waals surface area (Å²) in [7, 11) is 0. The summed E-state index contributed by atoms with van der Waals surface area (Å²) in [4.78, 5) is 16.6. The molecule has 2 aliphatic heterocycles. The molecule has 2 aliphatic rings. The normalized spacial score (nSPS) is 24.6. The van der Waals surface area contributed by atoms with Gasteiger partial charge in [-0.1, -0.05) is 30.3 Å². The molecule has 0 saturated carbocycles. The Bertz CT molecular complexity index is 508. The van der Waals surface area contributed by atoms with Crippen LogP contribution >= 0.6 is 12.4 Å². The van der Waals surface area contributed by atoms with E-state index in [1.807, 2.05) is 4.90 Å². The smallest absolute Gasteiger partial charge is 0.224 e. The Morgan fingerprint density at radius 1 is 1.17 bits per heavy atom. The van der Waals surface area contributed by atoms with Crippen molar-refractivity contribution in [3.05, 3.63) is 35.9 Å². The summed E-state index contributed by atoms with van der Waals surface area (Å²) in [6.45, 7) is 6.33. The number of ether oxygens (including phenoxy) is 1. The molecule has 134 valence electrons. The molecule has 0 unspecified atom stereocenters. The first kappa shape index (κ1) is 19.2. The number of nitrogens with two attached hydrogens (primary N) is 1. The average molecular weight is 354 g/mol. The van der Waals surface area contributed by atoms with Crippen molar-refractivity contribution in [3.8, 4) is 0 Å². The fourth-order valence-electron chi connectivity index (χ4n) is 3.68. The highest BCUT2D eigenvalue weighted by Crippen LogP contribution is 2.31. The molecule has 2 heterocycles. The third-order valence-electron chi connectivity index (χ3n) is 5.05. The second-order valence-electron chi connectivity index (χ2n) is 6.52. The first-order valence-corrected chi connectivity index (χ1v) is 8.61. The largest absolute Gasteiger partial charge is 0.378 e. The van der Waals surface area contributed by atoms with Gasteiger partial charge >= 0.3 is 0 Å². The zero-order chi connectivity index (χ0) is 16.1. The van der Waals surface area contributed by atoms with E-state index < -0.39 is 0 Å². The van der Waals surface area contributed by atoms with Crippen molar-refractivity contribution in [2.75, 3.05) is 52.5 Å². The molecule has 0 aromatic heterocycles. The number of nitrogens with zero attached hydrogens (tertiary/aromatic N) is 2. The number of hydrogen-bond acceptors (Lipinski definition) is 4. The summed E-state index contributed by atoms with van der Waals surface area (Å²) in [6, 6.07) is 10.6. The van der Waals surface area contributed by atoms with Crippen LogP contribution in [0, 0.1) is 5.92 Å². The third kappa shape index (κ3) is 4.70. The van der Waals surface area contributed by atoms with Crippen molar-refractivity contribution in [1.82, 2.24) is 9.80 Å². The molecule has 1 amide bonds. The van der Waals surface area contributed by atoms with Crippen LogP contribution in [0.3, 0.4) is 0 Å². The van der Waals surface area contributed by atoms with Gasteiger partial charge in [-0.25, -0.2) is 0 Å². The Labute approximate surface area is 150 Å². The van der Waals surface area contributed by atoms with Gasteiger partial charge in [0.15, 0.2) is 0 Å². The van der Waals surface area contributed by atoms with Crippen molar-refractivity contribution in [1.29, 1.82) is 0 Å². The average Bonchev–Trinajstić information content (AvgIpc) is 3.04. The maximum atomic E-state index is 12.3. The zero-order valence-corrected chi connectivity index (χ0v) is 14.9. The van der Waals surface area contributed by atoms with Crippen molar-refractivity contribution in [3.63, 3.8) is 0 Å². The van der Waals surface area contributed by atoms with Gasteiger partial charge in [0.25, 0.3) is 0 Å². The SMILES string of the molecule is Cl.NC[C@@H]1CN(CCC(=O)N2CCOCC2)C[C@H]1c1ccccc1. The van der Waals surface area contributed by atoms with E-state index in [4.69, 9.17) is 10.5 Å². The zero-order valence-electron chi connectivity index (χ0n) is 14.1. The summed E-state index contributed by atoms with van der Waals surface area (Å²) in [5, 5.41) is 0. The second-order valence-corrected chi connectivity index (χ2v) is 6.52. The molecule has 0 radical (unpaired) electrons. The number of rotatable bonds is 5. The number of likely N-dealkylation sites (tertiary alicyclic amines) is 1. The van der Waals surface area contributed by atoms with Gasteiger partial charge < -0.3 is 20.3 Å². The van der Waals surface area contributed by atoms with Crippen LogP contribution in [0.2, 0.25) is 0 Å². The highest BCUT2D eigenvalue weighted by molar-refractivity contribution is 5.85. The predicted molar refractivity (Wildman–Crippen MR) is 97.4 cm³/mol. The Balaban J connectivity index is 0.00000208. The van der Waals surface area contributed by atoms with E-state index in [1.54, 1.807) is 0 Å². The minimum absolute atomic E-state index is 0. The van der Waals surface area contributed by atoms with Crippen LogP contribution in [-0.2, 0) is 9.53 Å². The molecule has 1 aromatic carbocycles. The van der Waals surface area contributed by atoms with Crippen molar-refractivity contribution in [2.24, 2.45) is 11.7 Å². The number of amides is 1. The molecule has 2 saturated heterocycles. The van der Waals surface area contributed by atoms with Gasteiger partial charge in [-0.3, -0.25) is 4.79 Å². The summed E-state index contributed by atoms with van der Waals surface area (Å²) in [5.41, 5.74) is 7.35. The van der Waals surface area contributed by atoms with Crippen molar-refractivity contribution >= 4 is 18.3 Å². The molecule has 3 rings (SSSR count). The highest BCUT2D eigenvalue weighted by atomic mass is 35.5. The Morgan fingerprint density at radius 3 is 2.54 bits per heavy atom. The number of halogens is 1. The monoisotopic (exact) mass is 353 g/mol. The lowest BCUT2D eigenvalue weighted by molar-refractivity contribution is -0.135. The maximum Gasteiger partial charge on any atom is 0.224 e. The van der Waals surface area contributed by atoms with Crippen molar-refractivity contribution in [2.45, 2.75) is 12.3 Å². The fourth-order valence-corrected chi connectivity index (χ4v) is 3.68. The van der Waals surface area contributed by atoms with Gasteiger partial charge in [0.05, 0.1) is 13.2 Å².